The van der Waals surface area contributed by atoms with Gasteiger partial charge in [-0.05, 0) is 45.7 Å². The molecule has 1 unspecified atom stereocenters. The van der Waals surface area contributed by atoms with Gasteiger partial charge in [0.05, 0.1) is 0 Å². The summed E-state index contributed by atoms with van der Waals surface area (Å²) in [5.74, 6) is 1.97. The lowest BCUT2D eigenvalue weighted by molar-refractivity contribution is 0.582. The van der Waals surface area contributed by atoms with E-state index in [0.717, 1.165) is 44.1 Å². The minimum Gasteiger partial charge on any atom is -0.356 e. The summed E-state index contributed by atoms with van der Waals surface area (Å²) in [5.41, 5.74) is 0. The Hall–Kier alpha value is -1.09. The zero-order valence-corrected chi connectivity index (χ0v) is 18.7. The highest BCUT2D eigenvalue weighted by Crippen LogP contribution is 2.16. The lowest BCUT2D eigenvalue weighted by Crippen LogP contribution is -2.43. The summed E-state index contributed by atoms with van der Waals surface area (Å²) < 4.78 is 2.19. The normalized spacial score (nSPS) is 12.6. The third-order valence-corrected chi connectivity index (χ3v) is 4.97. The standard InChI is InChI=1S/C18H29N5S.HI/c1-14(13-17-8-7-15(2)24-17)22-18(19-4)21-9-5-6-11-23-12-10-20-16(23)3;/h7-8,10,12,14H,5-6,9,11,13H2,1-4H3,(H2,19,21,22);1H. The van der Waals surface area contributed by atoms with Gasteiger partial charge in [0.15, 0.2) is 5.96 Å². The highest BCUT2D eigenvalue weighted by Gasteiger charge is 2.07. The number of thiophene rings is 1. The molecule has 25 heavy (non-hydrogen) atoms. The molecule has 2 aromatic rings. The van der Waals surface area contributed by atoms with Crippen molar-refractivity contribution in [3.63, 3.8) is 0 Å². The molecule has 0 radical (unpaired) electrons. The fourth-order valence-electron chi connectivity index (χ4n) is 2.63. The van der Waals surface area contributed by atoms with Gasteiger partial charge in [0, 0.05) is 54.7 Å². The van der Waals surface area contributed by atoms with Crippen LogP contribution in [0.2, 0.25) is 0 Å². The van der Waals surface area contributed by atoms with Crippen LogP contribution in [0.1, 0.15) is 35.3 Å². The Morgan fingerprint density at radius 1 is 1.32 bits per heavy atom. The quantitative estimate of drug-likeness (QED) is 0.265. The van der Waals surface area contributed by atoms with Gasteiger partial charge < -0.3 is 15.2 Å². The van der Waals surface area contributed by atoms with E-state index in [4.69, 9.17) is 0 Å². The van der Waals surface area contributed by atoms with Gasteiger partial charge in [-0.15, -0.1) is 35.3 Å². The zero-order chi connectivity index (χ0) is 17.4. The second-order valence-corrected chi connectivity index (χ2v) is 7.51. The van der Waals surface area contributed by atoms with Crippen LogP contribution in [-0.4, -0.2) is 35.1 Å². The molecule has 2 heterocycles. The summed E-state index contributed by atoms with van der Waals surface area (Å²) in [6, 6.07) is 4.76. The Labute approximate surface area is 172 Å². The number of aliphatic imine (C=N–C) groups is 1. The van der Waals surface area contributed by atoms with Gasteiger partial charge in [0.25, 0.3) is 0 Å². The van der Waals surface area contributed by atoms with E-state index in [0.29, 0.717) is 6.04 Å². The maximum Gasteiger partial charge on any atom is 0.191 e. The highest BCUT2D eigenvalue weighted by atomic mass is 127. The van der Waals surface area contributed by atoms with E-state index in [1.54, 1.807) is 0 Å². The smallest absolute Gasteiger partial charge is 0.191 e. The summed E-state index contributed by atoms with van der Waals surface area (Å²) in [6.07, 6.45) is 7.16. The molecule has 0 saturated heterocycles. The van der Waals surface area contributed by atoms with Crippen molar-refractivity contribution in [1.82, 2.24) is 20.2 Å². The molecule has 7 heteroatoms. The number of imidazole rings is 1. The van der Waals surface area contributed by atoms with Gasteiger partial charge in [-0.1, -0.05) is 0 Å². The van der Waals surface area contributed by atoms with Crippen molar-refractivity contribution in [1.29, 1.82) is 0 Å². The number of hydrogen-bond acceptors (Lipinski definition) is 3. The fraction of sp³-hybridized carbons (Fsp3) is 0.556. The summed E-state index contributed by atoms with van der Waals surface area (Å²) in [6.45, 7) is 8.34. The molecule has 0 aromatic carbocycles. The first kappa shape index (κ1) is 22.0. The minimum atomic E-state index is 0. The van der Waals surface area contributed by atoms with Gasteiger partial charge in [-0.2, -0.15) is 0 Å². The van der Waals surface area contributed by atoms with Crippen molar-refractivity contribution in [3.8, 4) is 0 Å². The van der Waals surface area contributed by atoms with Crippen LogP contribution in [0.5, 0.6) is 0 Å². The maximum atomic E-state index is 4.32. The molecular weight excluding hydrogens is 445 g/mol. The van der Waals surface area contributed by atoms with E-state index < -0.39 is 0 Å². The Morgan fingerprint density at radius 2 is 2.12 bits per heavy atom. The van der Waals surface area contributed by atoms with Gasteiger partial charge >= 0.3 is 0 Å². The molecule has 2 N–H and O–H groups in total. The van der Waals surface area contributed by atoms with E-state index in [-0.39, 0.29) is 24.0 Å². The number of nitrogens with zero attached hydrogens (tertiary/aromatic N) is 3. The Morgan fingerprint density at radius 3 is 2.72 bits per heavy atom. The lowest BCUT2D eigenvalue weighted by atomic mass is 10.2. The zero-order valence-electron chi connectivity index (χ0n) is 15.6. The topological polar surface area (TPSA) is 54.2 Å². The van der Waals surface area contributed by atoms with Gasteiger partial charge in [-0.25, -0.2) is 4.98 Å². The molecule has 5 nitrogen and oxygen atoms in total. The molecule has 0 bridgehead atoms. The van der Waals surface area contributed by atoms with Crippen LogP contribution in [0.15, 0.2) is 29.5 Å². The third kappa shape index (κ3) is 7.77. The molecule has 0 spiro atoms. The number of nitrogens with one attached hydrogen (secondary N) is 2. The summed E-state index contributed by atoms with van der Waals surface area (Å²) in [5, 5.41) is 6.87. The van der Waals surface area contributed by atoms with Crippen LogP contribution in [0.4, 0.5) is 0 Å². The van der Waals surface area contributed by atoms with Crippen LogP contribution in [0.3, 0.4) is 0 Å². The van der Waals surface area contributed by atoms with Crippen molar-refractivity contribution in [2.75, 3.05) is 13.6 Å². The number of hydrogen-bond donors (Lipinski definition) is 2. The number of guanidine groups is 1. The second kappa shape index (κ2) is 11.5. The average Bonchev–Trinajstić information content (AvgIpc) is 3.14. The SMILES string of the molecule is CN=C(NCCCCn1ccnc1C)NC(C)Cc1ccc(C)s1.I. The molecule has 0 amide bonds. The predicted octanol–water partition coefficient (Wildman–Crippen LogP) is 3.76. The number of rotatable bonds is 8. The maximum absolute atomic E-state index is 4.32. The average molecular weight is 475 g/mol. The minimum absolute atomic E-state index is 0. The van der Waals surface area contributed by atoms with Crippen LogP contribution in [-0.2, 0) is 13.0 Å². The van der Waals surface area contributed by atoms with Crippen LogP contribution in [0, 0.1) is 13.8 Å². The van der Waals surface area contributed by atoms with E-state index in [1.807, 2.05) is 37.7 Å². The van der Waals surface area contributed by atoms with Gasteiger partial charge in [0.2, 0.25) is 0 Å². The lowest BCUT2D eigenvalue weighted by Gasteiger charge is -2.17. The van der Waals surface area contributed by atoms with Crippen molar-refractivity contribution < 1.29 is 0 Å². The van der Waals surface area contributed by atoms with Gasteiger partial charge in [0.1, 0.15) is 5.82 Å². The van der Waals surface area contributed by atoms with Crippen molar-refractivity contribution in [3.05, 3.63) is 40.1 Å². The van der Waals surface area contributed by atoms with Crippen LogP contribution in [0.25, 0.3) is 0 Å². The third-order valence-electron chi connectivity index (χ3n) is 3.95. The molecule has 0 aliphatic rings. The molecule has 0 aliphatic heterocycles. The summed E-state index contributed by atoms with van der Waals surface area (Å²) in [4.78, 5) is 11.3. The van der Waals surface area contributed by atoms with Crippen LogP contribution >= 0.6 is 35.3 Å². The molecular formula is C18H30IN5S. The predicted molar refractivity (Wildman–Crippen MR) is 118 cm³/mol. The first-order valence-electron chi connectivity index (χ1n) is 8.58. The highest BCUT2D eigenvalue weighted by molar-refractivity contribution is 14.0. The van der Waals surface area contributed by atoms with E-state index in [1.165, 1.54) is 9.75 Å². The molecule has 1 atom stereocenters. The summed E-state index contributed by atoms with van der Waals surface area (Å²) in [7, 11) is 1.83. The number of aryl methyl sites for hydroxylation is 3. The molecule has 0 saturated carbocycles. The molecule has 2 rings (SSSR count). The molecule has 0 aliphatic carbocycles. The fourth-order valence-corrected chi connectivity index (χ4v) is 3.65. The Balaban J connectivity index is 0.00000312. The molecule has 0 fully saturated rings. The Bertz CT molecular complexity index is 649. The summed E-state index contributed by atoms with van der Waals surface area (Å²) >= 11 is 1.87. The van der Waals surface area contributed by atoms with E-state index in [2.05, 4.69) is 51.2 Å². The Kier molecular flexibility index (Phi) is 10.1. The van der Waals surface area contributed by atoms with Crippen molar-refractivity contribution in [2.24, 2.45) is 4.99 Å². The monoisotopic (exact) mass is 475 g/mol. The first-order chi connectivity index (χ1) is 11.6. The molecule has 2 aromatic heterocycles. The second-order valence-electron chi connectivity index (χ2n) is 6.14. The largest absolute Gasteiger partial charge is 0.356 e. The number of aromatic nitrogens is 2. The first-order valence-corrected chi connectivity index (χ1v) is 9.40. The van der Waals surface area contributed by atoms with Gasteiger partial charge in [-0.3, -0.25) is 4.99 Å². The van der Waals surface area contributed by atoms with Crippen molar-refractivity contribution in [2.45, 2.75) is 52.6 Å². The van der Waals surface area contributed by atoms with Crippen LogP contribution < -0.4 is 10.6 Å². The van der Waals surface area contributed by atoms with E-state index in [9.17, 15) is 0 Å². The van der Waals surface area contributed by atoms with Crippen molar-refractivity contribution >= 4 is 41.3 Å². The number of halogens is 1. The number of unbranched alkanes of at least 4 members (excludes halogenated alkanes) is 1. The molecule has 140 valence electrons. The van der Waals surface area contributed by atoms with E-state index >= 15 is 0 Å².